The van der Waals surface area contributed by atoms with Crippen molar-refractivity contribution in [3.63, 3.8) is 0 Å². The molecule has 0 N–H and O–H groups in total. The highest BCUT2D eigenvalue weighted by Crippen LogP contribution is 2.35. The molecule has 7 heteroatoms. The third-order valence-corrected chi connectivity index (χ3v) is 5.35. The third-order valence-electron chi connectivity index (χ3n) is 4.35. The normalized spacial score (nSPS) is 20.5. The van der Waals surface area contributed by atoms with E-state index >= 15 is 0 Å². The lowest BCUT2D eigenvalue weighted by molar-refractivity contribution is -0.00571. The Labute approximate surface area is 156 Å². The highest BCUT2D eigenvalue weighted by atomic mass is 32.1. The topological polar surface area (TPSA) is 64.3 Å². The summed E-state index contributed by atoms with van der Waals surface area (Å²) >= 11 is 1.72. The van der Waals surface area contributed by atoms with E-state index in [4.69, 9.17) is 14.2 Å². The number of nitrogens with zero attached hydrogens (tertiary/aromatic N) is 4. The molecule has 26 heavy (non-hydrogen) atoms. The van der Waals surface area contributed by atoms with Crippen LogP contribution in [-0.2, 0) is 4.74 Å². The van der Waals surface area contributed by atoms with E-state index in [9.17, 15) is 0 Å². The highest BCUT2D eigenvalue weighted by molar-refractivity contribution is 7.15. The number of aryl methyl sites for hydroxylation is 2. The summed E-state index contributed by atoms with van der Waals surface area (Å²) in [5.41, 5.74) is 2.59. The molecule has 0 unspecified atom stereocenters. The molecule has 0 aromatic carbocycles. The Bertz CT molecular complexity index is 910. The smallest absolute Gasteiger partial charge is 0.226 e. The van der Waals surface area contributed by atoms with E-state index in [1.54, 1.807) is 11.3 Å². The number of aromatic nitrogens is 3. The van der Waals surface area contributed by atoms with Gasteiger partial charge in [-0.05, 0) is 39.8 Å². The van der Waals surface area contributed by atoms with Gasteiger partial charge in [-0.3, -0.25) is 0 Å². The van der Waals surface area contributed by atoms with Crippen LogP contribution in [0.5, 0.6) is 0 Å². The monoisotopic (exact) mass is 370 g/mol. The molecule has 0 spiro atoms. The maximum atomic E-state index is 5.83. The van der Waals surface area contributed by atoms with E-state index in [0.717, 1.165) is 40.9 Å². The second-order valence-electron chi connectivity index (χ2n) is 6.84. The third kappa shape index (κ3) is 3.37. The van der Waals surface area contributed by atoms with Crippen molar-refractivity contribution in [2.75, 3.05) is 18.0 Å². The number of thiophene rings is 1. The minimum atomic E-state index is 0.159. The zero-order valence-corrected chi connectivity index (χ0v) is 16.2. The van der Waals surface area contributed by atoms with Gasteiger partial charge in [-0.25, -0.2) is 9.97 Å². The summed E-state index contributed by atoms with van der Waals surface area (Å²) in [5.74, 6) is 1.42. The van der Waals surface area contributed by atoms with Crippen LogP contribution in [0.4, 0.5) is 5.95 Å². The number of hydrogen-bond donors (Lipinski definition) is 0. The van der Waals surface area contributed by atoms with Crippen LogP contribution in [-0.4, -0.2) is 40.4 Å². The Morgan fingerprint density at radius 2 is 1.92 bits per heavy atom. The SMILES string of the molecule is Cc1cc(-c2cnc(N3C[C@@H](C)O[C@@H](C)C3)nc2-c2ccc(C)s2)on1. The summed E-state index contributed by atoms with van der Waals surface area (Å²) in [6.45, 7) is 9.74. The van der Waals surface area contributed by atoms with E-state index in [0.29, 0.717) is 5.76 Å². The number of hydrogen-bond acceptors (Lipinski definition) is 7. The average molecular weight is 370 g/mol. The van der Waals surface area contributed by atoms with Gasteiger partial charge in [0.25, 0.3) is 0 Å². The van der Waals surface area contributed by atoms with Crippen LogP contribution in [0.15, 0.2) is 28.9 Å². The number of ether oxygens (including phenoxy) is 1. The highest BCUT2D eigenvalue weighted by Gasteiger charge is 2.25. The molecule has 1 aliphatic heterocycles. The fourth-order valence-electron chi connectivity index (χ4n) is 3.29. The molecule has 6 nitrogen and oxygen atoms in total. The Kier molecular flexibility index (Phi) is 4.50. The molecular weight excluding hydrogens is 348 g/mol. The number of morpholine rings is 1. The van der Waals surface area contributed by atoms with Crippen molar-refractivity contribution in [3.05, 3.63) is 35.0 Å². The largest absolute Gasteiger partial charge is 0.372 e. The summed E-state index contributed by atoms with van der Waals surface area (Å²) in [6, 6.07) is 6.13. The van der Waals surface area contributed by atoms with Crippen LogP contribution in [0.2, 0.25) is 0 Å². The lowest BCUT2D eigenvalue weighted by Crippen LogP contribution is -2.46. The van der Waals surface area contributed by atoms with Crippen molar-refractivity contribution in [3.8, 4) is 21.9 Å². The van der Waals surface area contributed by atoms with Gasteiger partial charge >= 0.3 is 0 Å². The van der Waals surface area contributed by atoms with Gasteiger partial charge in [-0.15, -0.1) is 11.3 Å². The molecule has 0 saturated carbocycles. The van der Waals surface area contributed by atoms with Crippen LogP contribution in [0.25, 0.3) is 21.9 Å². The number of rotatable bonds is 3. The van der Waals surface area contributed by atoms with Gasteiger partial charge in [0.05, 0.1) is 34.0 Å². The summed E-state index contributed by atoms with van der Waals surface area (Å²) in [4.78, 5) is 14.1. The molecule has 3 aromatic heterocycles. The summed E-state index contributed by atoms with van der Waals surface area (Å²) < 4.78 is 11.3. The molecule has 0 bridgehead atoms. The number of anilines is 1. The maximum absolute atomic E-state index is 5.83. The van der Waals surface area contributed by atoms with Crippen molar-refractivity contribution in [1.82, 2.24) is 15.1 Å². The summed E-state index contributed by atoms with van der Waals surface area (Å²) in [7, 11) is 0. The molecule has 3 aromatic rings. The van der Waals surface area contributed by atoms with Gasteiger partial charge in [0.15, 0.2) is 5.76 Å². The van der Waals surface area contributed by atoms with E-state index in [-0.39, 0.29) is 12.2 Å². The van der Waals surface area contributed by atoms with Gasteiger partial charge in [0.1, 0.15) is 0 Å². The van der Waals surface area contributed by atoms with Crippen molar-refractivity contribution >= 4 is 17.3 Å². The molecule has 0 radical (unpaired) electrons. The Hall–Kier alpha value is -2.25. The molecular formula is C19H22N4O2S. The second-order valence-corrected chi connectivity index (χ2v) is 8.13. The van der Waals surface area contributed by atoms with E-state index < -0.39 is 0 Å². The Balaban J connectivity index is 1.79. The van der Waals surface area contributed by atoms with Gasteiger partial charge in [0.2, 0.25) is 5.95 Å². The fraction of sp³-hybridized carbons (Fsp3) is 0.421. The zero-order valence-electron chi connectivity index (χ0n) is 15.4. The minimum absolute atomic E-state index is 0.159. The van der Waals surface area contributed by atoms with Gasteiger partial charge in [-0.2, -0.15) is 0 Å². The molecule has 0 aliphatic carbocycles. The van der Waals surface area contributed by atoms with Crippen molar-refractivity contribution < 1.29 is 9.26 Å². The van der Waals surface area contributed by atoms with Crippen LogP contribution >= 0.6 is 11.3 Å². The maximum Gasteiger partial charge on any atom is 0.226 e. The molecule has 1 aliphatic rings. The lowest BCUT2D eigenvalue weighted by Gasteiger charge is -2.35. The first-order valence-electron chi connectivity index (χ1n) is 8.77. The van der Waals surface area contributed by atoms with Gasteiger partial charge in [0, 0.05) is 30.2 Å². The van der Waals surface area contributed by atoms with Gasteiger partial charge < -0.3 is 14.2 Å². The summed E-state index contributed by atoms with van der Waals surface area (Å²) in [6.07, 6.45) is 2.16. The molecule has 1 saturated heterocycles. The van der Waals surface area contributed by atoms with Gasteiger partial charge in [-0.1, -0.05) is 5.16 Å². The standard InChI is InChI=1S/C19H22N4O2S/c1-11-7-16(25-22-11)15-8-20-19(23-9-12(2)24-13(3)10-23)21-18(15)17-6-5-14(4)26-17/h5-8,12-13H,9-10H2,1-4H3/t12-,13+. The fourth-order valence-corrected chi connectivity index (χ4v) is 4.16. The van der Waals surface area contributed by atoms with E-state index in [1.807, 2.05) is 19.2 Å². The van der Waals surface area contributed by atoms with Crippen molar-refractivity contribution in [2.45, 2.75) is 39.9 Å². The first kappa shape index (κ1) is 17.2. The zero-order chi connectivity index (χ0) is 18.3. The second kappa shape index (κ2) is 6.81. The van der Waals surface area contributed by atoms with E-state index in [2.05, 4.69) is 47.9 Å². The van der Waals surface area contributed by atoms with Crippen LogP contribution in [0.3, 0.4) is 0 Å². The quantitative estimate of drug-likeness (QED) is 0.692. The predicted octanol–water partition coefficient (Wildman–Crippen LogP) is 4.09. The minimum Gasteiger partial charge on any atom is -0.372 e. The summed E-state index contributed by atoms with van der Waals surface area (Å²) in [5, 5.41) is 4.01. The molecule has 4 heterocycles. The first-order chi connectivity index (χ1) is 12.5. The molecule has 4 rings (SSSR count). The van der Waals surface area contributed by atoms with Crippen LogP contribution < -0.4 is 4.90 Å². The van der Waals surface area contributed by atoms with Crippen LogP contribution in [0.1, 0.15) is 24.4 Å². The Morgan fingerprint density at radius 3 is 2.54 bits per heavy atom. The molecule has 1 fully saturated rings. The van der Waals surface area contributed by atoms with E-state index in [1.165, 1.54) is 4.88 Å². The Morgan fingerprint density at radius 1 is 1.15 bits per heavy atom. The van der Waals surface area contributed by atoms with Crippen molar-refractivity contribution in [2.24, 2.45) is 0 Å². The predicted molar refractivity (Wildman–Crippen MR) is 103 cm³/mol. The van der Waals surface area contributed by atoms with Crippen molar-refractivity contribution in [1.29, 1.82) is 0 Å². The average Bonchev–Trinajstić information content (AvgIpc) is 3.22. The molecule has 2 atom stereocenters. The molecule has 136 valence electrons. The molecule has 0 amide bonds. The lowest BCUT2D eigenvalue weighted by atomic mass is 10.1. The van der Waals surface area contributed by atoms with Crippen LogP contribution in [0, 0.1) is 13.8 Å². The first-order valence-corrected chi connectivity index (χ1v) is 9.59.